The fraction of sp³-hybridized carbons (Fsp3) is 0.200. The second kappa shape index (κ2) is 9.20. The van der Waals surface area contributed by atoms with Crippen molar-refractivity contribution in [1.29, 1.82) is 0 Å². The first-order valence-corrected chi connectivity index (χ1v) is 8.78. The molecule has 2 rings (SSSR count). The van der Waals surface area contributed by atoms with Gasteiger partial charge >= 0.3 is 5.97 Å². The van der Waals surface area contributed by atoms with E-state index in [-0.39, 0.29) is 0 Å². The molecule has 1 N–H and O–H groups in total. The molecule has 0 aromatic heterocycles. The summed E-state index contributed by atoms with van der Waals surface area (Å²) in [6.07, 6.45) is 1.98. The van der Waals surface area contributed by atoms with Crippen molar-refractivity contribution in [3.8, 4) is 5.75 Å². The number of nitrogens with one attached hydrogen (secondary N) is 1. The van der Waals surface area contributed by atoms with Crippen LogP contribution in [0.15, 0.2) is 53.0 Å². The Labute approximate surface area is 161 Å². The summed E-state index contributed by atoms with van der Waals surface area (Å²) < 4.78 is 11.2. The van der Waals surface area contributed by atoms with Crippen molar-refractivity contribution in [3.05, 3.63) is 64.1 Å². The molecular formula is C20H20BrNO4. The van der Waals surface area contributed by atoms with Crippen LogP contribution in [-0.2, 0) is 14.3 Å². The molecule has 0 aliphatic heterocycles. The molecule has 5 nitrogen and oxygen atoms in total. The normalized spacial score (nSPS) is 11.8. The molecule has 1 atom stereocenters. The summed E-state index contributed by atoms with van der Waals surface area (Å²) in [6, 6.07) is 12.8. The summed E-state index contributed by atoms with van der Waals surface area (Å²) in [5, 5.41) is 2.68. The van der Waals surface area contributed by atoms with Crippen LogP contribution in [0.2, 0.25) is 0 Å². The Morgan fingerprint density at radius 2 is 1.92 bits per heavy atom. The maximum absolute atomic E-state index is 12.2. The van der Waals surface area contributed by atoms with Crippen molar-refractivity contribution in [2.24, 2.45) is 0 Å². The zero-order chi connectivity index (χ0) is 19.1. The Morgan fingerprint density at radius 1 is 1.19 bits per heavy atom. The van der Waals surface area contributed by atoms with Gasteiger partial charge in [-0.3, -0.25) is 4.79 Å². The number of halogens is 1. The minimum atomic E-state index is -0.946. The highest BCUT2D eigenvalue weighted by Gasteiger charge is 2.18. The van der Waals surface area contributed by atoms with Crippen LogP contribution < -0.4 is 10.1 Å². The number of hydrogen-bond donors (Lipinski definition) is 1. The van der Waals surface area contributed by atoms with Gasteiger partial charge in [0.15, 0.2) is 6.10 Å². The Kier molecular flexibility index (Phi) is 6.97. The molecule has 1 amide bonds. The molecule has 0 saturated heterocycles. The molecule has 0 unspecified atom stereocenters. The van der Waals surface area contributed by atoms with Gasteiger partial charge in [0.25, 0.3) is 5.91 Å². The highest BCUT2D eigenvalue weighted by molar-refractivity contribution is 9.10. The van der Waals surface area contributed by atoms with Crippen molar-refractivity contribution in [3.63, 3.8) is 0 Å². The Hall–Kier alpha value is -2.60. The summed E-state index contributed by atoms with van der Waals surface area (Å²) >= 11 is 3.44. The molecule has 0 spiro atoms. The predicted molar refractivity (Wildman–Crippen MR) is 105 cm³/mol. The molecular weight excluding hydrogens is 398 g/mol. The summed E-state index contributed by atoms with van der Waals surface area (Å²) in [4.78, 5) is 24.2. The molecule has 6 heteroatoms. The van der Waals surface area contributed by atoms with Gasteiger partial charge in [-0.05, 0) is 49.2 Å². The lowest BCUT2D eigenvalue weighted by atomic mass is 10.1. The van der Waals surface area contributed by atoms with E-state index in [9.17, 15) is 9.59 Å². The first-order chi connectivity index (χ1) is 12.4. The minimum absolute atomic E-state index is 0.437. The monoisotopic (exact) mass is 417 g/mol. The van der Waals surface area contributed by atoms with Gasteiger partial charge < -0.3 is 14.8 Å². The topological polar surface area (TPSA) is 64.6 Å². The molecule has 2 aromatic carbocycles. The first kappa shape index (κ1) is 19.7. The van der Waals surface area contributed by atoms with E-state index in [1.54, 1.807) is 30.3 Å². The summed E-state index contributed by atoms with van der Waals surface area (Å²) in [5.41, 5.74) is 2.47. The van der Waals surface area contributed by atoms with Crippen molar-refractivity contribution in [2.75, 3.05) is 12.4 Å². The predicted octanol–water partition coefficient (Wildman–Crippen LogP) is 4.35. The molecule has 0 aliphatic rings. The third kappa shape index (κ3) is 5.46. The SMILES string of the molecule is COc1ccccc1NC(=O)[C@@H](C)OC(=O)/C=C/c1ccc(C)cc1Br. The number of carbonyl (C=O) groups is 2. The molecule has 0 bridgehead atoms. The molecule has 0 aliphatic carbocycles. The molecule has 26 heavy (non-hydrogen) atoms. The van der Waals surface area contributed by atoms with Gasteiger partial charge in [-0.1, -0.05) is 40.2 Å². The Balaban J connectivity index is 1.95. The second-order valence-electron chi connectivity index (χ2n) is 5.63. The van der Waals surface area contributed by atoms with E-state index in [2.05, 4.69) is 21.2 Å². The number of esters is 1. The van der Waals surface area contributed by atoms with Crippen molar-refractivity contribution >= 4 is 39.6 Å². The van der Waals surface area contributed by atoms with Crippen molar-refractivity contribution < 1.29 is 19.1 Å². The number of hydrogen-bond acceptors (Lipinski definition) is 4. The van der Waals surface area contributed by atoms with Gasteiger partial charge in [-0.15, -0.1) is 0 Å². The van der Waals surface area contributed by atoms with Crippen LogP contribution in [0, 0.1) is 6.92 Å². The van der Waals surface area contributed by atoms with Crippen LogP contribution in [0.4, 0.5) is 5.69 Å². The third-order valence-electron chi connectivity index (χ3n) is 3.58. The summed E-state index contributed by atoms with van der Waals surface area (Å²) in [6.45, 7) is 3.49. The fourth-order valence-electron chi connectivity index (χ4n) is 2.17. The fourth-order valence-corrected chi connectivity index (χ4v) is 2.80. The Bertz CT molecular complexity index is 832. The second-order valence-corrected chi connectivity index (χ2v) is 6.48. The number of benzene rings is 2. The maximum atomic E-state index is 12.2. The third-order valence-corrected chi connectivity index (χ3v) is 4.27. The lowest BCUT2D eigenvalue weighted by Crippen LogP contribution is -2.29. The number of rotatable bonds is 6. The number of ether oxygens (including phenoxy) is 2. The number of para-hydroxylation sites is 2. The van der Waals surface area contributed by atoms with E-state index in [1.165, 1.54) is 20.1 Å². The van der Waals surface area contributed by atoms with Gasteiger partial charge in [-0.2, -0.15) is 0 Å². The number of aryl methyl sites for hydroxylation is 1. The standard InChI is InChI=1S/C20H20BrNO4/c1-13-8-9-15(16(21)12-13)10-11-19(23)26-14(2)20(24)22-17-6-4-5-7-18(17)25-3/h4-12,14H,1-3H3,(H,22,24)/b11-10+/t14-/m1/s1. The van der Waals surface area contributed by atoms with E-state index in [0.717, 1.165) is 15.6 Å². The van der Waals surface area contributed by atoms with Gasteiger partial charge in [0.2, 0.25) is 0 Å². The summed E-state index contributed by atoms with van der Waals surface area (Å²) in [7, 11) is 1.52. The molecule has 2 aromatic rings. The Morgan fingerprint density at radius 3 is 2.62 bits per heavy atom. The van der Waals surface area contributed by atoms with Crippen molar-refractivity contribution in [2.45, 2.75) is 20.0 Å². The van der Waals surface area contributed by atoms with E-state index in [1.807, 2.05) is 25.1 Å². The number of amides is 1. The molecule has 0 fully saturated rings. The highest BCUT2D eigenvalue weighted by Crippen LogP contribution is 2.23. The van der Waals surface area contributed by atoms with Crippen LogP contribution in [0.3, 0.4) is 0 Å². The van der Waals surface area contributed by atoms with Gasteiger partial charge in [0.1, 0.15) is 5.75 Å². The van der Waals surface area contributed by atoms with Crippen molar-refractivity contribution in [1.82, 2.24) is 0 Å². The van der Waals surface area contributed by atoms with Gasteiger partial charge in [-0.25, -0.2) is 4.79 Å². The van der Waals surface area contributed by atoms with Gasteiger partial charge in [0, 0.05) is 10.5 Å². The average molecular weight is 418 g/mol. The van der Waals surface area contributed by atoms with E-state index in [0.29, 0.717) is 11.4 Å². The average Bonchev–Trinajstić information content (AvgIpc) is 2.61. The number of methoxy groups -OCH3 is 1. The molecule has 136 valence electrons. The molecule has 0 heterocycles. The quantitative estimate of drug-likeness (QED) is 0.560. The largest absolute Gasteiger partial charge is 0.495 e. The molecule has 0 saturated carbocycles. The van der Waals surface area contributed by atoms with Crippen LogP contribution in [0.1, 0.15) is 18.1 Å². The van der Waals surface area contributed by atoms with Gasteiger partial charge in [0.05, 0.1) is 12.8 Å². The van der Waals surface area contributed by atoms with Crippen LogP contribution in [0.5, 0.6) is 5.75 Å². The maximum Gasteiger partial charge on any atom is 0.331 e. The lowest BCUT2D eigenvalue weighted by Gasteiger charge is -2.14. The zero-order valence-corrected chi connectivity index (χ0v) is 16.4. The summed E-state index contributed by atoms with van der Waals surface area (Å²) in [5.74, 6) is -0.503. The van der Waals surface area contributed by atoms with Crippen LogP contribution >= 0.6 is 15.9 Å². The zero-order valence-electron chi connectivity index (χ0n) is 14.8. The smallest absolute Gasteiger partial charge is 0.331 e. The lowest BCUT2D eigenvalue weighted by molar-refractivity contribution is -0.148. The number of carbonyl (C=O) groups excluding carboxylic acids is 2. The van der Waals surface area contributed by atoms with E-state index in [4.69, 9.17) is 9.47 Å². The number of anilines is 1. The van der Waals surface area contributed by atoms with Crippen LogP contribution in [-0.4, -0.2) is 25.1 Å². The highest BCUT2D eigenvalue weighted by atomic mass is 79.9. The minimum Gasteiger partial charge on any atom is -0.495 e. The first-order valence-electron chi connectivity index (χ1n) is 7.99. The van der Waals surface area contributed by atoms with E-state index < -0.39 is 18.0 Å². The van der Waals surface area contributed by atoms with E-state index >= 15 is 0 Å². The van der Waals surface area contributed by atoms with Crippen LogP contribution in [0.25, 0.3) is 6.08 Å². The molecule has 0 radical (unpaired) electrons.